The van der Waals surface area contributed by atoms with Crippen molar-refractivity contribution >= 4 is 0 Å². The van der Waals surface area contributed by atoms with Crippen LogP contribution in [-0.4, -0.2) is 18.8 Å². The lowest BCUT2D eigenvalue weighted by atomic mass is 9.85. The van der Waals surface area contributed by atoms with Crippen molar-refractivity contribution in [2.45, 2.75) is 53.0 Å². The largest absolute Gasteiger partial charge is 0.380 e. The van der Waals surface area contributed by atoms with Crippen LogP contribution in [0.15, 0.2) is 0 Å². The van der Waals surface area contributed by atoms with Crippen LogP contribution in [0.4, 0.5) is 0 Å². The number of nitrogens with two attached hydrogens (primary N) is 1. The van der Waals surface area contributed by atoms with E-state index in [4.69, 9.17) is 10.5 Å². The summed E-state index contributed by atoms with van der Waals surface area (Å²) in [5.41, 5.74) is 6.29. The molecule has 0 aromatic rings. The topological polar surface area (TPSA) is 35.2 Å². The summed E-state index contributed by atoms with van der Waals surface area (Å²) in [6, 6.07) is 0. The molecular weight excluding hydrogens is 162 g/mol. The lowest BCUT2D eigenvalue weighted by Gasteiger charge is -2.28. The van der Waals surface area contributed by atoms with Crippen molar-refractivity contribution in [3.63, 3.8) is 0 Å². The molecule has 80 valence electrons. The first-order chi connectivity index (χ1) is 5.77. The van der Waals surface area contributed by atoms with Gasteiger partial charge in [0, 0.05) is 12.1 Å². The van der Waals surface area contributed by atoms with Crippen LogP contribution in [0, 0.1) is 5.41 Å². The van der Waals surface area contributed by atoms with Crippen molar-refractivity contribution in [3.05, 3.63) is 0 Å². The molecule has 1 unspecified atom stereocenters. The highest BCUT2D eigenvalue weighted by atomic mass is 16.5. The first-order valence-corrected chi connectivity index (χ1v) is 5.13. The van der Waals surface area contributed by atoms with E-state index >= 15 is 0 Å². The van der Waals surface area contributed by atoms with Gasteiger partial charge in [-0.2, -0.15) is 0 Å². The van der Waals surface area contributed by atoms with E-state index in [1.807, 2.05) is 6.92 Å². The van der Waals surface area contributed by atoms with Crippen LogP contribution in [0.3, 0.4) is 0 Å². The fourth-order valence-corrected chi connectivity index (χ4v) is 1.07. The molecule has 0 aliphatic rings. The first kappa shape index (κ1) is 12.9. The summed E-state index contributed by atoms with van der Waals surface area (Å²) < 4.78 is 5.34. The Hall–Kier alpha value is -0.0800. The van der Waals surface area contributed by atoms with Crippen molar-refractivity contribution in [1.29, 1.82) is 0 Å². The van der Waals surface area contributed by atoms with E-state index in [1.165, 1.54) is 0 Å². The molecule has 2 nitrogen and oxygen atoms in total. The Labute approximate surface area is 82.8 Å². The smallest absolute Gasteiger partial charge is 0.0643 e. The Balaban J connectivity index is 3.75. The fourth-order valence-electron chi connectivity index (χ4n) is 1.07. The predicted molar refractivity (Wildman–Crippen MR) is 57.8 cm³/mol. The van der Waals surface area contributed by atoms with Gasteiger partial charge in [-0.05, 0) is 32.1 Å². The summed E-state index contributed by atoms with van der Waals surface area (Å²) in [5, 5.41) is 0. The quantitative estimate of drug-likeness (QED) is 0.718. The van der Waals surface area contributed by atoms with Gasteiger partial charge in [0.05, 0.1) is 6.61 Å². The molecule has 2 heteroatoms. The van der Waals surface area contributed by atoms with Gasteiger partial charge in [-0.1, -0.05) is 20.8 Å². The van der Waals surface area contributed by atoms with Gasteiger partial charge in [0.2, 0.25) is 0 Å². The number of rotatable bonds is 5. The molecule has 0 rings (SSSR count). The van der Waals surface area contributed by atoms with Crippen LogP contribution in [0.2, 0.25) is 0 Å². The van der Waals surface area contributed by atoms with Crippen molar-refractivity contribution in [1.82, 2.24) is 0 Å². The second-order valence-electron chi connectivity index (χ2n) is 5.35. The van der Waals surface area contributed by atoms with Crippen LogP contribution >= 0.6 is 0 Å². The maximum Gasteiger partial charge on any atom is 0.0643 e. The van der Waals surface area contributed by atoms with Gasteiger partial charge in [0.15, 0.2) is 0 Å². The van der Waals surface area contributed by atoms with E-state index in [-0.39, 0.29) is 5.54 Å². The third-order valence-corrected chi connectivity index (χ3v) is 2.08. The minimum atomic E-state index is -0.163. The molecule has 13 heavy (non-hydrogen) atoms. The van der Waals surface area contributed by atoms with E-state index in [2.05, 4.69) is 27.7 Å². The van der Waals surface area contributed by atoms with Crippen LogP contribution in [0.25, 0.3) is 0 Å². The van der Waals surface area contributed by atoms with Crippen LogP contribution < -0.4 is 5.73 Å². The summed E-state index contributed by atoms with van der Waals surface area (Å²) in [7, 11) is 0. The standard InChI is InChI=1S/C11H25NO/c1-6-13-9-11(5,12)8-7-10(2,3)4/h6-9,12H2,1-5H3. The molecule has 0 saturated heterocycles. The summed E-state index contributed by atoms with van der Waals surface area (Å²) in [6.45, 7) is 12.2. The highest BCUT2D eigenvalue weighted by molar-refractivity contribution is 4.80. The minimum absolute atomic E-state index is 0.163. The zero-order valence-electron chi connectivity index (χ0n) is 9.81. The highest BCUT2D eigenvalue weighted by Gasteiger charge is 2.21. The van der Waals surface area contributed by atoms with E-state index in [0.29, 0.717) is 12.0 Å². The zero-order chi connectivity index (χ0) is 10.5. The Kier molecular flexibility index (Phi) is 4.93. The second kappa shape index (κ2) is 4.97. The summed E-state index contributed by atoms with van der Waals surface area (Å²) >= 11 is 0. The molecule has 0 aromatic heterocycles. The first-order valence-electron chi connectivity index (χ1n) is 5.13. The molecule has 0 aliphatic carbocycles. The Morgan fingerprint density at radius 3 is 2.00 bits per heavy atom. The van der Waals surface area contributed by atoms with E-state index < -0.39 is 0 Å². The van der Waals surface area contributed by atoms with Gasteiger partial charge in [0.25, 0.3) is 0 Å². The van der Waals surface area contributed by atoms with Gasteiger partial charge in [-0.3, -0.25) is 0 Å². The van der Waals surface area contributed by atoms with E-state index in [9.17, 15) is 0 Å². The molecule has 0 saturated carbocycles. The molecule has 0 fully saturated rings. The molecule has 0 bridgehead atoms. The van der Waals surface area contributed by atoms with Crippen molar-refractivity contribution in [2.75, 3.05) is 13.2 Å². The molecule has 0 aliphatic heterocycles. The van der Waals surface area contributed by atoms with Crippen LogP contribution in [-0.2, 0) is 4.74 Å². The predicted octanol–water partition coefficient (Wildman–Crippen LogP) is 2.57. The Morgan fingerprint density at radius 2 is 1.62 bits per heavy atom. The van der Waals surface area contributed by atoms with Gasteiger partial charge in [-0.15, -0.1) is 0 Å². The lowest BCUT2D eigenvalue weighted by Crippen LogP contribution is -2.42. The second-order valence-corrected chi connectivity index (χ2v) is 5.35. The molecule has 0 amide bonds. The van der Waals surface area contributed by atoms with Crippen LogP contribution in [0.5, 0.6) is 0 Å². The maximum absolute atomic E-state index is 6.08. The monoisotopic (exact) mass is 187 g/mol. The van der Waals surface area contributed by atoms with Gasteiger partial charge in [0.1, 0.15) is 0 Å². The summed E-state index contributed by atoms with van der Waals surface area (Å²) in [5.74, 6) is 0. The molecular formula is C11H25NO. The van der Waals surface area contributed by atoms with Gasteiger partial charge < -0.3 is 10.5 Å². The lowest BCUT2D eigenvalue weighted by molar-refractivity contribution is 0.0921. The van der Waals surface area contributed by atoms with Gasteiger partial charge in [-0.25, -0.2) is 0 Å². The number of hydrogen-bond acceptors (Lipinski definition) is 2. The third-order valence-electron chi connectivity index (χ3n) is 2.08. The van der Waals surface area contributed by atoms with Crippen LogP contribution in [0.1, 0.15) is 47.5 Å². The van der Waals surface area contributed by atoms with Crippen molar-refractivity contribution in [3.8, 4) is 0 Å². The average molecular weight is 187 g/mol. The molecule has 2 N–H and O–H groups in total. The molecule has 0 spiro atoms. The average Bonchev–Trinajstić information content (AvgIpc) is 1.97. The summed E-state index contributed by atoms with van der Waals surface area (Å²) in [4.78, 5) is 0. The highest BCUT2D eigenvalue weighted by Crippen LogP contribution is 2.24. The maximum atomic E-state index is 6.08. The normalized spacial score (nSPS) is 17.1. The Morgan fingerprint density at radius 1 is 1.08 bits per heavy atom. The third kappa shape index (κ3) is 8.26. The molecule has 0 radical (unpaired) electrons. The van der Waals surface area contributed by atoms with Crippen molar-refractivity contribution < 1.29 is 4.74 Å². The number of hydrogen-bond donors (Lipinski definition) is 1. The van der Waals surface area contributed by atoms with E-state index in [1.54, 1.807) is 0 Å². The number of ether oxygens (including phenoxy) is 1. The van der Waals surface area contributed by atoms with Crippen molar-refractivity contribution in [2.24, 2.45) is 11.1 Å². The van der Waals surface area contributed by atoms with E-state index in [0.717, 1.165) is 19.4 Å². The molecule has 0 heterocycles. The fraction of sp³-hybridized carbons (Fsp3) is 1.00. The zero-order valence-corrected chi connectivity index (χ0v) is 9.81. The Bertz CT molecular complexity index is 136. The SMILES string of the molecule is CCOCC(C)(N)CCC(C)(C)C. The minimum Gasteiger partial charge on any atom is -0.380 e. The molecule has 1 atom stereocenters. The summed E-state index contributed by atoms with van der Waals surface area (Å²) in [6.07, 6.45) is 2.17. The van der Waals surface area contributed by atoms with Gasteiger partial charge >= 0.3 is 0 Å². The molecule has 0 aromatic carbocycles.